The Kier molecular flexibility index (Phi) is 5.54. The summed E-state index contributed by atoms with van der Waals surface area (Å²) in [6.07, 6.45) is 5.04. The van der Waals surface area contributed by atoms with Crippen LogP contribution in [0.2, 0.25) is 5.02 Å². The number of aromatic nitrogens is 2. The molecule has 5 heteroatoms. The molecule has 0 saturated carbocycles. The monoisotopic (exact) mass is 379 g/mol. The Balaban J connectivity index is 1.38. The first kappa shape index (κ1) is 17.8. The second kappa shape index (κ2) is 8.40. The van der Waals surface area contributed by atoms with E-state index in [0.29, 0.717) is 16.7 Å². The van der Waals surface area contributed by atoms with Crippen LogP contribution < -0.4 is 9.64 Å². The molecule has 1 aliphatic heterocycles. The van der Waals surface area contributed by atoms with E-state index >= 15 is 0 Å². The van der Waals surface area contributed by atoms with Crippen LogP contribution in [0.3, 0.4) is 0 Å². The molecule has 0 amide bonds. The highest BCUT2D eigenvalue weighted by Crippen LogP contribution is 2.30. The number of benzene rings is 2. The molecule has 0 N–H and O–H groups in total. The number of rotatable bonds is 5. The molecule has 3 aromatic rings. The van der Waals surface area contributed by atoms with Gasteiger partial charge in [-0.25, -0.2) is 9.97 Å². The lowest BCUT2D eigenvalue weighted by Gasteiger charge is -2.32. The van der Waals surface area contributed by atoms with Gasteiger partial charge in [0.2, 0.25) is 5.88 Å². The summed E-state index contributed by atoms with van der Waals surface area (Å²) in [7, 11) is 0. The molecule has 138 valence electrons. The maximum Gasteiger partial charge on any atom is 0.224 e. The Labute approximate surface area is 164 Å². The summed E-state index contributed by atoms with van der Waals surface area (Å²) in [6, 6.07) is 20.0. The summed E-state index contributed by atoms with van der Waals surface area (Å²) in [5, 5.41) is 0.569. The second-order valence-electron chi connectivity index (χ2n) is 6.87. The topological polar surface area (TPSA) is 38.2 Å². The SMILES string of the molecule is Clc1ccccc1Oc1cc(N2CCC(Cc3ccccc3)CC2)ncn1. The molecular formula is C22H22ClN3O. The molecule has 4 rings (SSSR count). The summed E-state index contributed by atoms with van der Waals surface area (Å²) in [4.78, 5) is 11.0. The number of hydrogen-bond acceptors (Lipinski definition) is 4. The molecule has 0 radical (unpaired) electrons. The van der Waals surface area contributed by atoms with Crippen molar-refractivity contribution in [3.8, 4) is 11.6 Å². The molecule has 27 heavy (non-hydrogen) atoms. The molecule has 2 heterocycles. The number of para-hydroxylation sites is 1. The molecule has 0 bridgehead atoms. The van der Waals surface area contributed by atoms with Crippen LogP contribution in [0, 0.1) is 5.92 Å². The van der Waals surface area contributed by atoms with E-state index in [9.17, 15) is 0 Å². The fourth-order valence-corrected chi connectivity index (χ4v) is 3.69. The Morgan fingerprint density at radius 1 is 0.963 bits per heavy atom. The molecule has 0 spiro atoms. The molecule has 4 nitrogen and oxygen atoms in total. The van der Waals surface area contributed by atoms with Gasteiger partial charge >= 0.3 is 0 Å². The number of ether oxygens (including phenoxy) is 1. The van der Waals surface area contributed by atoms with Gasteiger partial charge in [-0.1, -0.05) is 54.1 Å². The van der Waals surface area contributed by atoms with Crippen molar-refractivity contribution >= 4 is 17.4 Å². The highest BCUT2D eigenvalue weighted by molar-refractivity contribution is 6.32. The van der Waals surface area contributed by atoms with Crippen molar-refractivity contribution in [3.63, 3.8) is 0 Å². The van der Waals surface area contributed by atoms with Crippen molar-refractivity contribution in [2.75, 3.05) is 18.0 Å². The quantitative estimate of drug-likeness (QED) is 0.596. The molecule has 1 aliphatic rings. The van der Waals surface area contributed by atoms with Crippen molar-refractivity contribution in [1.29, 1.82) is 0 Å². The molecule has 1 aromatic heterocycles. The minimum atomic E-state index is 0.513. The van der Waals surface area contributed by atoms with Gasteiger partial charge in [0.05, 0.1) is 5.02 Å². The fraction of sp³-hybridized carbons (Fsp3) is 0.273. The Morgan fingerprint density at radius 3 is 2.48 bits per heavy atom. The zero-order valence-corrected chi connectivity index (χ0v) is 15.8. The van der Waals surface area contributed by atoms with Gasteiger partial charge in [-0.3, -0.25) is 0 Å². The van der Waals surface area contributed by atoms with Crippen molar-refractivity contribution in [1.82, 2.24) is 9.97 Å². The van der Waals surface area contributed by atoms with Crippen LogP contribution in [0.4, 0.5) is 5.82 Å². The molecule has 1 fully saturated rings. The molecule has 1 saturated heterocycles. The fourth-order valence-electron chi connectivity index (χ4n) is 3.51. The molecule has 2 aromatic carbocycles. The van der Waals surface area contributed by atoms with E-state index in [0.717, 1.165) is 31.2 Å². The third-order valence-corrected chi connectivity index (χ3v) is 5.30. The first-order valence-corrected chi connectivity index (χ1v) is 9.69. The lowest BCUT2D eigenvalue weighted by atomic mass is 9.90. The lowest BCUT2D eigenvalue weighted by Crippen LogP contribution is -2.34. The van der Waals surface area contributed by atoms with E-state index in [4.69, 9.17) is 16.3 Å². The smallest absolute Gasteiger partial charge is 0.224 e. The van der Waals surface area contributed by atoms with E-state index in [1.807, 2.05) is 24.3 Å². The van der Waals surface area contributed by atoms with Gasteiger partial charge in [-0.05, 0) is 42.9 Å². The summed E-state index contributed by atoms with van der Waals surface area (Å²) in [6.45, 7) is 2.00. The van der Waals surface area contributed by atoms with Crippen molar-refractivity contribution in [2.24, 2.45) is 5.92 Å². The van der Waals surface area contributed by atoms with Crippen LogP contribution >= 0.6 is 11.6 Å². The van der Waals surface area contributed by atoms with Crippen molar-refractivity contribution in [2.45, 2.75) is 19.3 Å². The molecule has 0 aliphatic carbocycles. The molecular weight excluding hydrogens is 358 g/mol. The van der Waals surface area contributed by atoms with E-state index in [-0.39, 0.29) is 0 Å². The van der Waals surface area contributed by atoms with Crippen molar-refractivity contribution in [3.05, 3.63) is 77.6 Å². The maximum atomic E-state index is 6.17. The summed E-state index contributed by atoms with van der Waals surface area (Å²) in [5.41, 5.74) is 1.42. The highest BCUT2D eigenvalue weighted by Gasteiger charge is 2.21. The Bertz CT molecular complexity index is 879. The number of nitrogens with zero attached hydrogens (tertiary/aromatic N) is 3. The zero-order valence-electron chi connectivity index (χ0n) is 15.1. The maximum absolute atomic E-state index is 6.17. The lowest BCUT2D eigenvalue weighted by molar-refractivity contribution is 0.401. The minimum Gasteiger partial charge on any atom is -0.437 e. The average Bonchev–Trinajstić information content (AvgIpc) is 2.71. The van der Waals surface area contributed by atoms with Gasteiger partial charge < -0.3 is 9.64 Å². The normalized spacial score (nSPS) is 14.9. The number of hydrogen-bond donors (Lipinski definition) is 0. The predicted octanol–water partition coefficient (Wildman–Crippen LogP) is 5.38. The zero-order chi connectivity index (χ0) is 18.5. The Hall–Kier alpha value is -2.59. The Morgan fingerprint density at radius 2 is 1.70 bits per heavy atom. The minimum absolute atomic E-state index is 0.513. The van der Waals surface area contributed by atoms with Gasteiger partial charge in [0.15, 0.2) is 0 Å². The van der Waals surface area contributed by atoms with Crippen molar-refractivity contribution < 1.29 is 4.74 Å². The third-order valence-electron chi connectivity index (χ3n) is 4.98. The van der Waals surface area contributed by atoms with E-state index in [1.165, 1.54) is 18.4 Å². The van der Waals surface area contributed by atoms with Crippen LogP contribution in [0.15, 0.2) is 67.0 Å². The number of anilines is 1. The summed E-state index contributed by atoms with van der Waals surface area (Å²) >= 11 is 6.17. The van der Waals surface area contributed by atoms with Crippen LogP contribution in [-0.4, -0.2) is 23.1 Å². The number of piperidine rings is 1. The first-order valence-electron chi connectivity index (χ1n) is 9.31. The van der Waals surface area contributed by atoms with Crippen LogP contribution in [0.25, 0.3) is 0 Å². The molecule has 0 atom stereocenters. The predicted molar refractivity (Wildman–Crippen MR) is 109 cm³/mol. The second-order valence-corrected chi connectivity index (χ2v) is 7.27. The highest BCUT2D eigenvalue weighted by atomic mass is 35.5. The van der Waals surface area contributed by atoms with Gasteiger partial charge in [0.25, 0.3) is 0 Å². The average molecular weight is 380 g/mol. The summed E-state index contributed by atoms with van der Waals surface area (Å²) < 4.78 is 5.83. The van der Waals surface area contributed by atoms with Crippen LogP contribution in [0.1, 0.15) is 18.4 Å². The largest absolute Gasteiger partial charge is 0.437 e. The first-order chi connectivity index (χ1) is 13.3. The van der Waals surface area contributed by atoms with E-state index in [1.54, 1.807) is 12.4 Å². The number of halogens is 1. The van der Waals surface area contributed by atoms with E-state index < -0.39 is 0 Å². The van der Waals surface area contributed by atoms with Gasteiger partial charge in [0, 0.05) is 19.2 Å². The van der Waals surface area contributed by atoms with Gasteiger partial charge in [-0.2, -0.15) is 0 Å². The third kappa shape index (κ3) is 4.58. The van der Waals surface area contributed by atoms with E-state index in [2.05, 4.69) is 45.2 Å². The van der Waals surface area contributed by atoms with Crippen LogP contribution in [-0.2, 0) is 6.42 Å². The van der Waals surface area contributed by atoms with Crippen LogP contribution in [0.5, 0.6) is 11.6 Å². The van der Waals surface area contributed by atoms with Gasteiger partial charge in [-0.15, -0.1) is 0 Å². The summed E-state index contributed by atoms with van der Waals surface area (Å²) in [5.74, 6) is 2.75. The molecule has 0 unspecified atom stereocenters. The standard InChI is InChI=1S/C22H22ClN3O/c23-19-8-4-5-9-20(19)27-22-15-21(24-16-25-22)26-12-10-18(11-13-26)14-17-6-2-1-3-7-17/h1-9,15-16,18H,10-14H2. The van der Waals surface area contributed by atoms with Gasteiger partial charge in [0.1, 0.15) is 17.9 Å².